The minimum Gasteiger partial charge on any atom is -0.253 e. The smallest absolute Gasteiger partial charge is 0.131 e. The normalized spacial score (nSPS) is 22.2. The number of hydrogen-bond acceptors (Lipinski definition) is 3. The zero-order valence-electron chi connectivity index (χ0n) is 8.16. The highest BCUT2D eigenvalue weighted by Gasteiger charge is 2.20. The molecule has 2 heterocycles. The van der Waals surface area contributed by atoms with Crippen LogP contribution < -0.4 is 0 Å². The van der Waals surface area contributed by atoms with Crippen molar-refractivity contribution in [3.8, 4) is 0 Å². The van der Waals surface area contributed by atoms with Crippen LogP contribution in [0.1, 0.15) is 12.0 Å². The van der Waals surface area contributed by atoms with Crippen LogP contribution in [0, 0.1) is 5.92 Å². The fourth-order valence-corrected chi connectivity index (χ4v) is 2.80. The van der Waals surface area contributed by atoms with E-state index in [1.165, 1.54) is 6.42 Å². The molecule has 0 N–H and O–H groups in total. The van der Waals surface area contributed by atoms with Gasteiger partial charge in [0.1, 0.15) is 10.3 Å². The maximum absolute atomic E-state index is 5.84. The molecule has 0 amide bonds. The molecule has 0 spiro atoms. The van der Waals surface area contributed by atoms with Crippen LogP contribution in [0.3, 0.4) is 0 Å². The molecule has 1 aliphatic rings. The second-order valence-corrected chi connectivity index (χ2v) is 5.23. The molecule has 15 heavy (non-hydrogen) atoms. The minimum atomic E-state index is 0.471. The van der Waals surface area contributed by atoms with E-state index in [1.807, 2.05) is 12.1 Å². The van der Waals surface area contributed by atoms with Crippen LogP contribution in [0.15, 0.2) is 12.1 Å². The summed E-state index contributed by atoms with van der Waals surface area (Å²) in [4.78, 5) is 3.93. The third kappa shape index (κ3) is 3.25. The van der Waals surface area contributed by atoms with E-state index >= 15 is 0 Å². The molecule has 2 rings (SSSR count). The number of thiol groups is 1. The molecule has 1 atom stereocenters. The molecule has 5 heteroatoms. The topological polar surface area (TPSA) is 16.1 Å². The van der Waals surface area contributed by atoms with Crippen molar-refractivity contribution in [2.75, 3.05) is 13.1 Å². The van der Waals surface area contributed by atoms with Crippen molar-refractivity contribution >= 4 is 36.0 Å². The van der Waals surface area contributed by atoms with Gasteiger partial charge < -0.3 is 0 Å². The van der Waals surface area contributed by atoms with E-state index in [1.54, 1.807) is 0 Å². The van der Waals surface area contributed by atoms with Crippen molar-refractivity contribution in [2.24, 2.45) is 5.92 Å². The maximum Gasteiger partial charge on any atom is 0.131 e. The van der Waals surface area contributed by atoms with E-state index in [9.17, 15) is 0 Å². The highest BCUT2D eigenvalue weighted by molar-refractivity contribution is 7.77. The Hall–Kier alpha value is 0.0400. The first-order valence-corrected chi connectivity index (χ1v) is 6.05. The minimum absolute atomic E-state index is 0.471. The highest BCUT2D eigenvalue weighted by atomic mass is 35.5. The lowest BCUT2D eigenvalue weighted by Gasteiger charge is -2.10. The fraction of sp³-hybridized carbons (Fsp3) is 0.500. The average molecular weight is 263 g/mol. The molecule has 0 bridgehead atoms. The first kappa shape index (κ1) is 11.5. The lowest BCUT2D eigenvalue weighted by Crippen LogP contribution is -2.10. The summed E-state index contributed by atoms with van der Waals surface area (Å²) in [6, 6.07) is 3.77. The second kappa shape index (κ2) is 4.91. The van der Waals surface area contributed by atoms with Gasteiger partial charge >= 0.3 is 0 Å². The fourth-order valence-electron chi connectivity index (χ4n) is 1.94. The van der Waals surface area contributed by atoms with Crippen molar-refractivity contribution in [2.45, 2.75) is 12.8 Å². The van der Waals surface area contributed by atoms with Crippen LogP contribution in [-0.2, 0) is 6.42 Å². The molecule has 1 unspecified atom stereocenters. The number of aromatic nitrogens is 1. The van der Waals surface area contributed by atoms with Gasteiger partial charge in [0, 0.05) is 13.1 Å². The highest BCUT2D eigenvalue weighted by Crippen LogP contribution is 2.24. The van der Waals surface area contributed by atoms with Crippen molar-refractivity contribution < 1.29 is 0 Å². The molecule has 0 aliphatic carbocycles. The summed E-state index contributed by atoms with van der Waals surface area (Å²) in [7, 11) is 0. The first-order chi connectivity index (χ1) is 7.13. The van der Waals surface area contributed by atoms with E-state index in [0.717, 1.165) is 25.1 Å². The van der Waals surface area contributed by atoms with Crippen LogP contribution >= 0.6 is 36.0 Å². The molecule has 82 valence electrons. The SMILES string of the molecule is SN1CCC(Cc2cc(Cl)nc(Cl)c2)C1. The third-order valence-electron chi connectivity index (χ3n) is 2.61. The van der Waals surface area contributed by atoms with Gasteiger partial charge in [0.15, 0.2) is 0 Å². The Kier molecular flexibility index (Phi) is 3.78. The van der Waals surface area contributed by atoms with Crippen LogP contribution in [0.25, 0.3) is 0 Å². The number of nitrogens with zero attached hydrogens (tertiary/aromatic N) is 2. The van der Waals surface area contributed by atoms with Crippen molar-refractivity contribution in [1.29, 1.82) is 0 Å². The van der Waals surface area contributed by atoms with Gasteiger partial charge in [0.2, 0.25) is 0 Å². The summed E-state index contributed by atoms with van der Waals surface area (Å²) >= 11 is 16.0. The van der Waals surface area contributed by atoms with E-state index in [4.69, 9.17) is 23.2 Å². The molecule has 0 radical (unpaired) electrons. The van der Waals surface area contributed by atoms with Crippen molar-refractivity contribution in [1.82, 2.24) is 9.29 Å². The number of rotatable bonds is 2. The van der Waals surface area contributed by atoms with Crippen molar-refractivity contribution in [3.05, 3.63) is 28.0 Å². The zero-order valence-corrected chi connectivity index (χ0v) is 10.6. The van der Waals surface area contributed by atoms with Gasteiger partial charge in [0.25, 0.3) is 0 Å². The first-order valence-electron chi connectivity index (χ1n) is 4.89. The molecule has 1 aromatic rings. The van der Waals surface area contributed by atoms with Crippen LogP contribution in [-0.4, -0.2) is 22.4 Å². The lowest BCUT2D eigenvalue weighted by molar-refractivity contribution is 0.524. The number of halogens is 2. The van der Waals surface area contributed by atoms with Crippen LogP contribution in [0.5, 0.6) is 0 Å². The zero-order chi connectivity index (χ0) is 10.8. The van der Waals surface area contributed by atoms with E-state index in [0.29, 0.717) is 16.2 Å². The van der Waals surface area contributed by atoms with Gasteiger partial charge in [-0.05, 0) is 36.5 Å². The molecule has 1 aliphatic heterocycles. The Labute approximate surface area is 105 Å². The van der Waals surface area contributed by atoms with Crippen LogP contribution in [0.2, 0.25) is 10.3 Å². The standard InChI is InChI=1S/C10H12Cl2N2S/c11-9-4-8(5-10(12)13-9)3-7-1-2-14(15)6-7/h4-5,7,15H,1-3,6H2. The molecular weight excluding hydrogens is 251 g/mol. The lowest BCUT2D eigenvalue weighted by atomic mass is 10.00. The average Bonchev–Trinajstić information content (AvgIpc) is 2.49. The summed E-state index contributed by atoms with van der Waals surface area (Å²) in [5.41, 5.74) is 1.16. The predicted octanol–water partition coefficient (Wildman–Crippen LogP) is 3.10. The Balaban J connectivity index is 2.04. The summed E-state index contributed by atoms with van der Waals surface area (Å²) in [5.74, 6) is 0.650. The number of pyridine rings is 1. The number of hydrogen-bond donors (Lipinski definition) is 1. The monoisotopic (exact) mass is 262 g/mol. The Bertz CT molecular complexity index is 339. The second-order valence-electron chi connectivity index (χ2n) is 3.89. The molecule has 1 aromatic heterocycles. The molecule has 2 nitrogen and oxygen atoms in total. The van der Waals surface area contributed by atoms with Gasteiger partial charge in [-0.2, -0.15) is 0 Å². The van der Waals surface area contributed by atoms with Gasteiger partial charge in [-0.1, -0.05) is 36.0 Å². The molecule has 0 saturated carbocycles. The molecule has 1 fully saturated rings. The van der Waals surface area contributed by atoms with Gasteiger partial charge in [-0.15, -0.1) is 0 Å². The Morgan fingerprint density at radius 1 is 1.40 bits per heavy atom. The third-order valence-corrected chi connectivity index (χ3v) is 3.36. The predicted molar refractivity (Wildman–Crippen MR) is 66.6 cm³/mol. The molecule has 1 saturated heterocycles. The van der Waals surface area contributed by atoms with Crippen molar-refractivity contribution in [3.63, 3.8) is 0 Å². The maximum atomic E-state index is 5.84. The van der Waals surface area contributed by atoms with E-state index in [2.05, 4.69) is 22.1 Å². The van der Waals surface area contributed by atoms with Gasteiger partial charge in [-0.25, -0.2) is 4.98 Å². The van der Waals surface area contributed by atoms with Crippen LogP contribution in [0.4, 0.5) is 0 Å². The Morgan fingerprint density at radius 2 is 2.07 bits per heavy atom. The van der Waals surface area contributed by atoms with E-state index < -0.39 is 0 Å². The van der Waals surface area contributed by atoms with Gasteiger partial charge in [0.05, 0.1) is 0 Å². The summed E-state index contributed by atoms with van der Waals surface area (Å²) in [6.07, 6.45) is 2.18. The van der Waals surface area contributed by atoms with E-state index in [-0.39, 0.29) is 0 Å². The molecule has 0 aromatic carbocycles. The molecular formula is C10H12Cl2N2S. The summed E-state index contributed by atoms with van der Waals surface area (Å²) < 4.78 is 2.05. The largest absolute Gasteiger partial charge is 0.253 e. The van der Waals surface area contributed by atoms with Gasteiger partial charge in [-0.3, -0.25) is 4.31 Å². The quantitative estimate of drug-likeness (QED) is 0.652. The summed E-state index contributed by atoms with van der Waals surface area (Å²) in [6.45, 7) is 2.08. The summed E-state index contributed by atoms with van der Waals surface area (Å²) in [5, 5.41) is 0.941. The Morgan fingerprint density at radius 3 is 2.60 bits per heavy atom.